The van der Waals surface area contributed by atoms with Gasteiger partial charge in [0.2, 0.25) is 0 Å². The molecule has 1 aromatic heterocycles. The Balaban J connectivity index is 2.29. The number of carboxylic acids is 1. The van der Waals surface area contributed by atoms with Gasteiger partial charge in [-0.1, -0.05) is 31.2 Å². The maximum Gasteiger partial charge on any atom is 0.305 e. The van der Waals surface area contributed by atoms with Crippen LogP contribution in [0.3, 0.4) is 0 Å². The van der Waals surface area contributed by atoms with Crippen molar-refractivity contribution in [1.29, 1.82) is 0 Å². The van der Waals surface area contributed by atoms with E-state index in [0.717, 1.165) is 12.0 Å². The second kappa shape index (κ2) is 5.60. The van der Waals surface area contributed by atoms with Crippen LogP contribution in [0.1, 0.15) is 31.9 Å². The zero-order chi connectivity index (χ0) is 13.8. The summed E-state index contributed by atoms with van der Waals surface area (Å²) in [5, 5.41) is 20.3. The number of aromatic nitrogens is 4. The van der Waals surface area contributed by atoms with Gasteiger partial charge in [0.1, 0.15) is 0 Å². The molecule has 2 rings (SSSR count). The van der Waals surface area contributed by atoms with Crippen molar-refractivity contribution in [2.45, 2.75) is 32.7 Å². The first kappa shape index (κ1) is 13.2. The van der Waals surface area contributed by atoms with E-state index in [2.05, 4.69) is 22.4 Å². The molecule has 0 aliphatic rings. The fourth-order valence-electron chi connectivity index (χ4n) is 1.91. The highest BCUT2D eigenvalue weighted by molar-refractivity contribution is 5.67. The van der Waals surface area contributed by atoms with Gasteiger partial charge in [-0.25, -0.2) is 4.68 Å². The van der Waals surface area contributed by atoms with Gasteiger partial charge < -0.3 is 5.11 Å². The first-order valence-corrected chi connectivity index (χ1v) is 6.20. The number of aryl methyl sites for hydroxylation is 1. The number of nitrogens with zero attached hydrogens (tertiary/aromatic N) is 4. The summed E-state index contributed by atoms with van der Waals surface area (Å²) in [7, 11) is 0. The summed E-state index contributed by atoms with van der Waals surface area (Å²) in [5.74, 6) is -0.272. The van der Waals surface area contributed by atoms with Gasteiger partial charge in [0, 0.05) is 5.56 Å². The molecule has 100 valence electrons. The highest BCUT2D eigenvalue weighted by Crippen LogP contribution is 2.21. The maximum absolute atomic E-state index is 10.8. The van der Waals surface area contributed by atoms with Crippen molar-refractivity contribution >= 4 is 5.97 Å². The SMILES string of the molecule is CCc1ccc(-c2nnnn2C(C)CC(=O)O)cc1. The summed E-state index contributed by atoms with van der Waals surface area (Å²) >= 11 is 0. The molecule has 0 aliphatic heterocycles. The van der Waals surface area contributed by atoms with Crippen LogP contribution < -0.4 is 0 Å². The zero-order valence-corrected chi connectivity index (χ0v) is 10.9. The van der Waals surface area contributed by atoms with Crippen LogP contribution in [0.4, 0.5) is 0 Å². The van der Waals surface area contributed by atoms with Gasteiger partial charge in [-0.2, -0.15) is 0 Å². The van der Waals surface area contributed by atoms with Gasteiger partial charge in [0.25, 0.3) is 0 Å². The molecule has 6 heteroatoms. The largest absolute Gasteiger partial charge is 0.481 e. The fourth-order valence-corrected chi connectivity index (χ4v) is 1.91. The number of tetrazole rings is 1. The van der Waals surface area contributed by atoms with Crippen LogP contribution in [0.15, 0.2) is 24.3 Å². The summed E-state index contributed by atoms with van der Waals surface area (Å²) < 4.78 is 1.55. The van der Waals surface area contributed by atoms with Crippen LogP contribution in [-0.2, 0) is 11.2 Å². The fraction of sp³-hybridized carbons (Fsp3) is 0.385. The first-order chi connectivity index (χ1) is 9.11. The predicted octanol–water partition coefficient (Wildman–Crippen LogP) is 1.94. The molecule has 0 amide bonds. The van der Waals surface area contributed by atoms with Crippen molar-refractivity contribution in [2.75, 3.05) is 0 Å². The molecule has 1 heterocycles. The van der Waals surface area contributed by atoms with Crippen molar-refractivity contribution in [3.63, 3.8) is 0 Å². The molecule has 0 radical (unpaired) electrons. The van der Waals surface area contributed by atoms with Crippen molar-refractivity contribution < 1.29 is 9.90 Å². The summed E-state index contributed by atoms with van der Waals surface area (Å²) in [6.45, 7) is 3.88. The van der Waals surface area contributed by atoms with Crippen molar-refractivity contribution in [3.05, 3.63) is 29.8 Å². The molecule has 6 nitrogen and oxygen atoms in total. The van der Waals surface area contributed by atoms with Crippen LogP contribution >= 0.6 is 0 Å². The first-order valence-electron chi connectivity index (χ1n) is 6.20. The van der Waals surface area contributed by atoms with E-state index < -0.39 is 5.97 Å². The molecule has 0 spiro atoms. The third-order valence-electron chi connectivity index (χ3n) is 3.00. The molecule has 0 aliphatic carbocycles. The quantitative estimate of drug-likeness (QED) is 0.888. The minimum absolute atomic E-state index is 0.00885. The summed E-state index contributed by atoms with van der Waals surface area (Å²) in [4.78, 5) is 10.8. The highest BCUT2D eigenvalue weighted by atomic mass is 16.4. The van der Waals surface area contributed by atoms with Gasteiger partial charge in [0.15, 0.2) is 5.82 Å². The molecule has 19 heavy (non-hydrogen) atoms. The topological polar surface area (TPSA) is 80.9 Å². The third-order valence-corrected chi connectivity index (χ3v) is 3.00. The van der Waals surface area contributed by atoms with E-state index in [0.29, 0.717) is 5.82 Å². The number of hydrogen-bond acceptors (Lipinski definition) is 4. The lowest BCUT2D eigenvalue weighted by molar-refractivity contribution is -0.137. The Morgan fingerprint density at radius 2 is 2.05 bits per heavy atom. The molecule has 1 unspecified atom stereocenters. The summed E-state index contributed by atoms with van der Waals surface area (Å²) in [6.07, 6.45) is 0.964. The number of carboxylic acid groups (broad SMARTS) is 1. The van der Waals surface area contributed by atoms with Crippen LogP contribution in [0.5, 0.6) is 0 Å². The highest BCUT2D eigenvalue weighted by Gasteiger charge is 2.16. The number of hydrogen-bond donors (Lipinski definition) is 1. The molecule has 0 bridgehead atoms. The lowest BCUT2D eigenvalue weighted by Gasteiger charge is -2.11. The van der Waals surface area contributed by atoms with E-state index in [9.17, 15) is 4.79 Å². The monoisotopic (exact) mass is 260 g/mol. The Kier molecular flexibility index (Phi) is 3.89. The Morgan fingerprint density at radius 1 is 1.37 bits per heavy atom. The second-order valence-electron chi connectivity index (χ2n) is 4.44. The van der Waals surface area contributed by atoms with Gasteiger partial charge >= 0.3 is 5.97 Å². The molecular weight excluding hydrogens is 244 g/mol. The lowest BCUT2D eigenvalue weighted by atomic mass is 10.1. The van der Waals surface area contributed by atoms with Crippen LogP contribution in [0.2, 0.25) is 0 Å². The van der Waals surface area contributed by atoms with Crippen molar-refractivity contribution in [3.8, 4) is 11.4 Å². The number of benzene rings is 1. The Hall–Kier alpha value is -2.24. The average molecular weight is 260 g/mol. The van der Waals surface area contributed by atoms with Gasteiger partial charge in [-0.15, -0.1) is 5.10 Å². The number of carbonyl (C=O) groups is 1. The summed E-state index contributed by atoms with van der Waals surface area (Å²) in [6, 6.07) is 7.67. The van der Waals surface area contributed by atoms with Crippen LogP contribution in [0.25, 0.3) is 11.4 Å². The predicted molar refractivity (Wildman–Crippen MR) is 69.6 cm³/mol. The molecule has 1 aromatic carbocycles. The van der Waals surface area contributed by atoms with Crippen LogP contribution in [0, 0.1) is 0 Å². The molecule has 0 fully saturated rings. The number of aliphatic carboxylic acids is 1. The molecular formula is C13H16N4O2. The van der Waals surface area contributed by atoms with Crippen molar-refractivity contribution in [2.24, 2.45) is 0 Å². The minimum Gasteiger partial charge on any atom is -0.481 e. The van der Waals surface area contributed by atoms with Gasteiger partial charge in [-0.3, -0.25) is 4.79 Å². The Labute approximate surface area is 111 Å². The van der Waals surface area contributed by atoms with Gasteiger partial charge in [-0.05, 0) is 29.3 Å². The van der Waals surface area contributed by atoms with E-state index in [1.165, 1.54) is 5.56 Å². The average Bonchev–Trinajstić information content (AvgIpc) is 2.87. The van der Waals surface area contributed by atoms with E-state index in [4.69, 9.17) is 5.11 Å². The van der Waals surface area contributed by atoms with E-state index in [-0.39, 0.29) is 12.5 Å². The zero-order valence-electron chi connectivity index (χ0n) is 10.9. The van der Waals surface area contributed by atoms with E-state index in [1.807, 2.05) is 24.3 Å². The molecule has 1 N–H and O–H groups in total. The minimum atomic E-state index is -0.865. The maximum atomic E-state index is 10.8. The van der Waals surface area contributed by atoms with E-state index >= 15 is 0 Å². The van der Waals surface area contributed by atoms with Gasteiger partial charge in [0.05, 0.1) is 12.5 Å². The molecule has 1 atom stereocenters. The lowest BCUT2D eigenvalue weighted by Crippen LogP contribution is -2.13. The Morgan fingerprint density at radius 3 is 2.63 bits per heavy atom. The molecule has 0 saturated heterocycles. The normalized spacial score (nSPS) is 12.3. The smallest absolute Gasteiger partial charge is 0.305 e. The summed E-state index contributed by atoms with van der Waals surface area (Å²) in [5.41, 5.74) is 2.13. The van der Waals surface area contributed by atoms with E-state index in [1.54, 1.807) is 11.6 Å². The van der Waals surface area contributed by atoms with Crippen LogP contribution in [-0.4, -0.2) is 31.3 Å². The van der Waals surface area contributed by atoms with Crippen molar-refractivity contribution in [1.82, 2.24) is 20.2 Å². The molecule has 2 aromatic rings. The number of rotatable bonds is 5. The standard InChI is InChI=1S/C13H16N4O2/c1-3-10-4-6-11(7-5-10)13-14-15-16-17(13)9(2)8-12(18)19/h4-7,9H,3,8H2,1-2H3,(H,18,19). The third kappa shape index (κ3) is 2.96. The Bertz CT molecular complexity index is 562. The second-order valence-corrected chi connectivity index (χ2v) is 4.44. The molecule has 0 saturated carbocycles.